The quantitative estimate of drug-likeness (QED) is 0.288. The van der Waals surface area contributed by atoms with E-state index in [1.165, 1.54) is 6.08 Å². The summed E-state index contributed by atoms with van der Waals surface area (Å²) < 4.78 is 0. The van der Waals surface area contributed by atoms with Gasteiger partial charge in [0.05, 0.1) is 0 Å². The molecule has 0 heterocycles. The van der Waals surface area contributed by atoms with Crippen LogP contribution in [0.5, 0.6) is 0 Å². The topological polar surface area (TPSA) is 43.3 Å². The zero-order valence-electron chi connectivity index (χ0n) is 8.70. The fourth-order valence-corrected chi connectivity index (χ4v) is 1.13. The van der Waals surface area contributed by atoms with Crippen LogP contribution >= 0.6 is 0 Å². The van der Waals surface area contributed by atoms with Crippen molar-refractivity contribution < 1.29 is 10.0 Å². The summed E-state index contributed by atoms with van der Waals surface area (Å²) in [6.45, 7) is 7.56. The van der Waals surface area contributed by atoms with E-state index in [4.69, 9.17) is 0 Å². The molecule has 13 heavy (non-hydrogen) atoms. The molecule has 0 saturated carbocycles. The number of hydrogen-bond donors (Lipinski definition) is 1. The summed E-state index contributed by atoms with van der Waals surface area (Å²) in [4.78, 5) is -1.17. The van der Waals surface area contributed by atoms with Crippen molar-refractivity contribution in [3.05, 3.63) is 17.9 Å². The molecule has 0 amide bonds. The Morgan fingerprint density at radius 1 is 1.46 bits per heavy atom. The highest BCUT2D eigenvalue weighted by atomic mass is 16.8. The molecular formula is C10H21NO2. The average Bonchev–Trinajstić information content (AvgIpc) is 2.11. The molecule has 0 aromatic rings. The molecule has 0 fully saturated rings. The summed E-state index contributed by atoms with van der Waals surface area (Å²) in [6.07, 6.45) is 5.56. The fourth-order valence-electron chi connectivity index (χ4n) is 1.13. The van der Waals surface area contributed by atoms with Crippen LogP contribution in [0.4, 0.5) is 0 Å². The highest BCUT2D eigenvalue weighted by molar-refractivity contribution is 4.75. The van der Waals surface area contributed by atoms with Gasteiger partial charge in [-0.25, -0.2) is 10.0 Å². The predicted molar refractivity (Wildman–Crippen MR) is 54.1 cm³/mol. The zero-order valence-corrected chi connectivity index (χ0v) is 8.70. The second kappa shape index (κ2) is 6.13. The van der Waals surface area contributed by atoms with Gasteiger partial charge in [0.1, 0.15) is 12.6 Å². The van der Waals surface area contributed by atoms with Crippen LogP contribution in [0.25, 0.3) is 0 Å². The first-order chi connectivity index (χ1) is 6.04. The van der Waals surface area contributed by atoms with Gasteiger partial charge in [-0.1, -0.05) is 26.3 Å². The third-order valence-electron chi connectivity index (χ3n) is 2.31. The molecule has 0 spiro atoms. The molecule has 0 rings (SSSR count). The van der Waals surface area contributed by atoms with Gasteiger partial charge in [0.2, 0.25) is 0 Å². The van der Waals surface area contributed by atoms with Crippen molar-refractivity contribution in [1.82, 2.24) is 0 Å². The highest BCUT2D eigenvalue weighted by Gasteiger charge is 2.19. The second-order valence-corrected chi connectivity index (χ2v) is 3.52. The van der Waals surface area contributed by atoms with Crippen molar-refractivity contribution in [2.75, 3.05) is 6.54 Å². The number of hydroxylamine groups is 4. The number of unbranched alkanes of at least 4 members (excludes halogenated alkanes) is 3. The molecule has 0 aromatic carbocycles. The average molecular weight is 187 g/mol. The van der Waals surface area contributed by atoms with Crippen molar-refractivity contribution >= 4 is 0 Å². The maximum atomic E-state index is 11.4. The van der Waals surface area contributed by atoms with Crippen LogP contribution in [0.3, 0.4) is 0 Å². The number of hydrogen-bond acceptors (Lipinski definition) is 2. The maximum absolute atomic E-state index is 11.4. The van der Waals surface area contributed by atoms with E-state index in [1.54, 1.807) is 6.92 Å². The van der Waals surface area contributed by atoms with Gasteiger partial charge in [-0.15, -0.1) is 0 Å². The summed E-state index contributed by atoms with van der Waals surface area (Å²) in [6, 6.07) is -0.429. The van der Waals surface area contributed by atoms with Crippen LogP contribution < -0.4 is 0 Å². The molecule has 0 aliphatic heterocycles. The molecule has 0 aliphatic carbocycles. The molecule has 78 valence electrons. The lowest BCUT2D eigenvalue weighted by molar-refractivity contribution is -1.08. The van der Waals surface area contributed by atoms with Gasteiger partial charge in [0.25, 0.3) is 0 Å². The van der Waals surface area contributed by atoms with Gasteiger partial charge < -0.3 is 5.21 Å². The largest absolute Gasteiger partial charge is 0.598 e. The Hall–Kier alpha value is -0.380. The Bertz CT molecular complexity index is 146. The molecule has 0 aliphatic rings. The van der Waals surface area contributed by atoms with Crippen molar-refractivity contribution in [2.45, 2.75) is 45.6 Å². The Morgan fingerprint density at radius 2 is 2.08 bits per heavy atom. The molecule has 0 bridgehead atoms. The van der Waals surface area contributed by atoms with E-state index < -0.39 is 10.9 Å². The second-order valence-electron chi connectivity index (χ2n) is 3.52. The minimum Gasteiger partial charge on any atom is -0.598 e. The monoisotopic (exact) mass is 187 g/mol. The molecule has 0 aromatic heterocycles. The Labute approximate surface area is 80.8 Å². The smallest absolute Gasteiger partial charge is 0.134 e. The molecule has 2 unspecified atom stereocenters. The standard InChI is InChI=1S/C10H21NO2/c1-4-6-7-8-9-11(12,13)10(3)5-2/h5,10,12H,2,4,6-9H2,1,3H3. The highest BCUT2D eigenvalue weighted by Crippen LogP contribution is 2.11. The third kappa shape index (κ3) is 5.03. The van der Waals surface area contributed by atoms with Crippen LogP contribution in [0.2, 0.25) is 0 Å². The van der Waals surface area contributed by atoms with E-state index in [-0.39, 0.29) is 6.54 Å². The maximum Gasteiger partial charge on any atom is 0.134 e. The Morgan fingerprint density at radius 3 is 2.54 bits per heavy atom. The van der Waals surface area contributed by atoms with Gasteiger partial charge in [0.15, 0.2) is 0 Å². The van der Waals surface area contributed by atoms with E-state index >= 15 is 0 Å². The van der Waals surface area contributed by atoms with Crippen LogP contribution in [0.1, 0.15) is 39.5 Å². The molecular weight excluding hydrogens is 166 g/mol. The first-order valence-corrected chi connectivity index (χ1v) is 4.98. The van der Waals surface area contributed by atoms with E-state index in [1.807, 2.05) is 0 Å². The zero-order chi connectivity index (χ0) is 10.3. The molecule has 2 atom stereocenters. The first kappa shape index (κ1) is 12.6. The van der Waals surface area contributed by atoms with E-state index in [9.17, 15) is 10.4 Å². The Balaban J connectivity index is 3.68. The SMILES string of the molecule is C=CC(C)[N+]([O-])(O)CCCCCC. The molecule has 1 N–H and O–H groups in total. The Kier molecular flexibility index (Phi) is 5.95. The first-order valence-electron chi connectivity index (χ1n) is 4.98. The van der Waals surface area contributed by atoms with Crippen LogP contribution in [-0.4, -0.2) is 22.6 Å². The summed E-state index contributed by atoms with van der Waals surface area (Å²) >= 11 is 0. The summed E-state index contributed by atoms with van der Waals surface area (Å²) in [5, 5.41) is 20.8. The van der Waals surface area contributed by atoms with Crippen molar-refractivity contribution in [2.24, 2.45) is 0 Å². The van der Waals surface area contributed by atoms with E-state index in [2.05, 4.69) is 13.5 Å². The van der Waals surface area contributed by atoms with E-state index in [0.717, 1.165) is 25.7 Å². The van der Waals surface area contributed by atoms with Gasteiger partial charge in [-0.3, -0.25) is 0 Å². The lowest BCUT2D eigenvalue weighted by Gasteiger charge is -2.37. The molecule has 0 radical (unpaired) electrons. The summed E-state index contributed by atoms with van der Waals surface area (Å²) in [7, 11) is 0. The van der Waals surface area contributed by atoms with Crippen molar-refractivity contribution in [3.63, 3.8) is 0 Å². The summed E-state index contributed by atoms with van der Waals surface area (Å²) in [5.74, 6) is 0. The van der Waals surface area contributed by atoms with Gasteiger partial charge in [0, 0.05) is 0 Å². The van der Waals surface area contributed by atoms with Gasteiger partial charge >= 0.3 is 0 Å². The number of nitrogens with zero attached hydrogens (tertiary/aromatic N) is 1. The number of quaternary nitrogens is 1. The molecule has 3 nitrogen and oxygen atoms in total. The fraction of sp³-hybridized carbons (Fsp3) is 0.800. The van der Waals surface area contributed by atoms with E-state index in [0.29, 0.717) is 0 Å². The van der Waals surface area contributed by atoms with Gasteiger partial charge in [-0.2, -0.15) is 0 Å². The number of rotatable bonds is 7. The predicted octanol–water partition coefficient (Wildman–Crippen LogP) is 2.85. The summed E-state index contributed by atoms with van der Waals surface area (Å²) in [5.41, 5.74) is 0. The molecule has 3 heteroatoms. The van der Waals surface area contributed by atoms with Crippen LogP contribution in [0.15, 0.2) is 12.7 Å². The minimum absolute atomic E-state index is 0.271. The third-order valence-corrected chi connectivity index (χ3v) is 2.31. The van der Waals surface area contributed by atoms with Crippen LogP contribution in [-0.2, 0) is 0 Å². The minimum atomic E-state index is -1.17. The van der Waals surface area contributed by atoms with Gasteiger partial charge in [-0.05, 0) is 25.8 Å². The lowest BCUT2D eigenvalue weighted by Crippen LogP contribution is -2.45. The lowest BCUT2D eigenvalue weighted by atomic mass is 10.2. The van der Waals surface area contributed by atoms with Crippen molar-refractivity contribution in [1.29, 1.82) is 0 Å². The molecule has 0 saturated heterocycles. The normalized spacial score (nSPS) is 17.8. The van der Waals surface area contributed by atoms with Crippen LogP contribution in [0, 0.1) is 5.21 Å². The van der Waals surface area contributed by atoms with Crippen molar-refractivity contribution in [3.8, 4) is 0 Å².